The second-order valence-corrected chi connectivity index (χ2v) is 6.16. The molecule has 4 nitrogen and oxygen atoms in total. The highest BCUT2D eigenvalue weighted by atomic mass is 32.1. The van der Waals surface area contributed by atoms with Crippen LogP contribution in [-0.2, 0) is 0 Å². The predicted molar refractivity (Wildman–Crippen MR) is 87.1 cm³/mol. The van der Waals surface area contributed by atoms with Crippen LogP contribution in [0.4, 0.5) is 11.4 Å². The average Bonchev–Trinajstić information content (AvgIpc) is 3.09. The van der Waals surface area contributed by atoms with Gasteiger partial charge in [-0.15, -0.1) is 22.7 Å². The number of nitrogen functional groups attached to an aromatic ring is 2. The van der Waals surface area contributed by atoms with Crippen molar-refractivity contribution < 1.29 is 0 Å². The number of nitrogens with two attached hydrogens (primary N) is 2. The van der Waals surface area contributed by atoms with Crippen molar-refractivity contribution >= 4 is 54.5 Å². The molecule has 20 heavy (non-hydrogen) atoms. The number of rotatable bonds is 1. The largest absolute Gasteiger partial charge is 0.397 e. The Morgan fingerprint density at radius 1 is 0.700 bits per heavy atom. The quantitative estimate of drug-likeness (QED) is 0.525. The first-order valence-corrected chi connectivity index (χ1v) is 7.75. The predicted octanol–water partition coefficient (Wildman–Crippen LogP) is 3.74. The van der Waals surface area contributed by atoms with E-state index < -0.39 is 0 Å². The molecule has 0 spiro atoms. The molecule has 0 saturated heterocycles. The van der Waals surface area contributed by atoms with Gasteiger partial charge in [0, 0.05) is 11.1 Å². The highest BCUT2D eigenvalue weighted by Gasteiger charge is 2.13. The third-order valence-electron chi connectivity index (χ3n) is 3.37. The second kappa shape index (κ2) is 4.16. The van der Waals surface area contributed by atoms with E-state index in [2.05, 4.69) is 9.97 Å². The third-order valence-corrected chi connectivity index (χ3v) is 5.12. The summed E-state index contributed by atoms with van der Waals surface area (Å²) in [6.45, 7) is 0. The number of thiazole rings is 2. The zero-order chi connectivity index (χ0) is 13.7. The summed E-state index contributed by atoms with van der Waals surface area (Å²) in [5.74, 6) is 0. The number of anilines is 2. The normalized spacial score (nSPS) is 11.4. The smallest absolute Gasteiger partial charge is 0.0833 e. The molecule has 0 aliphatic carbocycles. The van der Waals surface area contributed by atoms with E-state index in [1.54, 1.807) is 33.7 Å². The lowest BCUT2D eigenvalue weighted by Gasteiger charge is -2.10. The van der Waals surface area contributed by atoms with Gasteiger partial charge in [0.1, 0.15) is 0 Å². The van der Waals surface area contributed by atoms with Crippen LogP contribution < -0.4 is 11.5 Å². The van der Waals surface area contributed by atoms with Crippen LogP contribution in [0.15, 0.2) is 35.3 Å². The van der Waals surface area contributed by atoms with E-state index in [1.807, 2.05) is 24.3 Å². The van der Waals surface area contributed by atoms with Crippen molar-refractivity contribution in [3.05, 3.63) is 35.3 Å². The summed E-state index contributed by atoms with van der Waals surface area (Å²) >= 11 is 3.09. The highest BCUT2D eigenvalue weighted by Crippen LogP contribution is 2.40. The SMILES string of the molecule is Nc1c(-c2ccc3ncsc3c2N)ccc2ncsc12. The van der Waals surface area contributed by atoms with Crippen LogP contribution in [0.25, 0.3) is 31.6 Å². The van der Waals surface area contributed by atoms with Gasteiger partial charge in [0.15, 0.2) is 0 Å². The van der Waals surface area contributed by atoms with Crippen LogP contribution in [0.5, 0.6) is 0 Å². The maximum absolute atomic E-state index is 6.29. The maximum Gasteiger partial charge on any atom is 0.0833 e. The van der Waals surface area contributed by atoms with Crippen molar-refractivity contribution in [2.45, 2.75) is 0 Å². The van der Waals surface area contributed by atoms with Gasteiger partial charge in [0.2, 0.25) is 0 Å². The van der Waals surface area contributed by atoms with Crippen molar-refractivity contribution in [2.24, 2.45) is 0 Å². The van der Waals surface area contributed by atoms with E-state index in [4.69, 9.17) is 11.5 Å². The Morgan fingerprint density at radius 3 is 1.60 bits per heavy atom. The average molecular weight is 298 g/mol. The standard InChI is InChI=1S/C14H10N4S2/c15-11-7(1-3-9-13(11)19-5-17-9)8-2-4-10-14(12(8)16)20-6-18-10/h1-6H,15-16H2. The molecule has 4 N–H and O–H groups in total. The van der Waals surface area contributed by atoms with Crippen molar-refractivity contribution in [3.8, 4) is 11.1 Å². The molecule has 2 aromatic carbocycles. The number of aromatic nitrogens is 2. The van der Waals surface area contributed by atoms with E-state index in [0.717, 1.165) is 42.9 Å². The Bertz CT molecular complexity index is 861. The van der Waals surface area contributed by atoms with E-state index in [0.29, 0.717) is 0 Å². The summed E-state index contributed by atoms with van der Waals surface area (Å²) in [4.78, 5) is 8.56. The van der Waals surface area contributed by atoms with Gasteiger partial charge in [0.25, 0.3) is 0 Å². The number of fused-ring (bicyclic) bond motifs is 2. The summed E-state index contributed by atoms with van der Waals surface area (Å²) in [5, 5.41) is 0. The molecule has 0 fully saturated rings. The van der Waals surface area contributed by atoms with E-state index in [-0.39, 0.29) is 0 Å². The topological polar surface area (TPSA) is 77.8 Å². The fraction of sp³-hybridized carbons (Fsp3) is 0. The zero-order valence-corrected chi connectivity index (χ0v) is 12.0. The molecule has 0 amide bonds. The van der Waals surface area contributed by atoms with Gasteiger partial charge in [0.05, 0.1) is 42.8 Å². The van der Waals surface area contributed by atoms with Gasteiger partial charge in [-0.25, -0.2) is 9.97 Å². The highest BCUT2D eigenvalue weighted by molar-refractivity contribution is 7.17. The summed E-state index contributed by atoms with van der Waals surface area (Å²) in [5.41, 5.74) is 21.4. The lowest BCUT2D eigenvalue weighted by molar-refractivity contribution is 1.49. The summed E-state index contributed by atoms with van der Waals surface area (Å²) in [6.07, 6.45) is 0. The maximum atomic E-state index is 6.29. The van der Waals surface area contributed by atoms with E-state index >= 15 is 0 Å². The van der Waals surface area contributed by atoms with Crippen LogP contribution >= 0.6 is 22.7 Å². The molecular formula is C14H10N4S2. The first kappa shape index (κ1) is 11.6. The van der Waals surface area contributed by atoms with E-state index in [1.165, 1.54) is 0 Å². The first-order chi connectivity index (χ1) is 9.75. The van der Waals surface area contributed by atoms with Gasteiger partial charge in [-0.05, 0) is 24.3 Å². The molecule has 0 aliphatic rings. The summed E-state index contributed by atoms with van der Waals surface area (Å²) in [7, 11) is 0. The molecular weight excluding hydrogens is 288 g/mol. The van der Waals surface area contributed by atoms with Crippen molar-refractivity contribution in [3.63, 3.8) is 0 Å². The molecule has 98 valence electrons. The first-order valence-electron chi connectivity index (χ1n) is 5.99. The molecule has 2 heterocycles. The Balaban J connectivity index is 2.05. The fourth-order valence-electron chi connectivity index (χ4n) is 2.37. The number of benzene rings is 2. The molecule has 0 atom stereocenters. The van der Waals surface area contributed by atoms with Crippen LogP contribution in [0.3, 0.4) is 0 Å². The minimum absolute atomic E-state index is 0.737. The Labute approximate surface area is 122 Å². The van der Waals surface area contributed by atoms with Crippen LogP contribution in [0.1, 0.15) is 0 Å². The van der Waals surface area contributed by atoms with Crippen LogP contribution in [-0.4, -0.2) is 9.97 Å². The van der Waals surface area contributed by atoms with Gasteiger partial charge >= 0.3 is 0 Å². The van der Waals surface area contributed by atoms with Gasteiger partial charge in [-0.3, -0.25) is 0 Å². The molecule has 4 aromatic rings. The third kappa shape index (κ3) is 1.52. The van der Waals surface area contributed by atoms with Crippen LogP contribution in [0, 0.1) is 0 Å². The molecule has 0 unspecified atom stereocenters. The second-order valence-electron chi connectivity index (χ2n) is 4.45. The lowest BCUT2D eigenvalue weighted by Crippen LogP contribution is -1.95. The number of hydrogen-bond donors (Lipinski definition) is 2. The lowest BCUT2D eigenvalue weighted by atomic mass is 10.0. The molecule has 6 heteroatoms. The fourth-order valence-corrected chi connectivity index (χ4v) is 3.87. The van der Waals surface area contributed by atoms with Crippen molar-refractivity contribution in [1.29, 1.82) is 0 Å². The van der Waals surface area contributed by atoms with Crippen LogP contribution in [0.2, 0.25) is 0 Å². The molecule has 0 saturated carbocycles. The summed E-state index contributed by atoms with van der Waals surface area (Å²) in [6, 6.07) is 7.92. The van der Waals surface area contributed by atoms with Gasteiger partial charge in [-0.2, -0.15) is 0 Å². The molecule has 0 aliphatic heterocycles. The van der Waals surface area contributed by atoms with Crippen molar-refractivity contribution in [2.75, 3.05) is 11.5 Å². The molecule has 2 aromatic heterocycles. The minimum Gasteiger partial charge on any atom is -0.397 e. The Hall–Kier alpha value is -2.18. The molecule has 0 bridgehead atoms. The zero-order valence-electron chi connectivity index (χ0n) is 10.3. The minimum atomic E-state index is 0.737. The van der Waals surface area contributed by atoms with Gasteiger partial charge in [-0.1, -0.05) is 0 Å². The Morgan fingerprint density at radius 2 is 1.15 bits per heavy atom. The summed E-state index contributed by atoms with van der Waals surface area (Å²) < 4.78 is 2.01. The Kier molecular flexibility index (Phi) is 2.42. The monoisotopic (exact) mass is 298 g/mol. The molecule has 0 radical (unpaired) electrons. The van der Waals surface area contributed by atoms with Gasteiger partial charge < -0.3 is 11.5 Å². The number of hydrogen-bond acceptors (Lipinski definition) is 6. The number of nitrogens with zero attached hydrogens (tertiary/aromatic N) is 2. The van der Waals surface area contributed by atoms with Crippen molar-refractivity contribution in [1.82, 2.24) is 9.97 Å². The van der Waals surface area contributed by atoms with E-state index in [9.17, 15) is 0 Å². The molecule has 4 rings (SSSR count).